The number of nitrogens with zero attached hydrogens (tertiary/aromatic N) is 1. The molecule has 1 N–H and O–H groups in total. The van der Waals surface area contributed by atoms with E-state index in [0.717, 1.165) is 31.1 Å². The number of hydrogen-bond acceptors (Lipinski definition) is 2. The normalized spacial score (nSPS) is 17.6. The SMILES string of the molecule is CCC1CCCCN1CCCNC(=O)Cc1ccc(-c2ccccc2)cc1. The highest BCUT2D eigenvalue weighted by atomic mass is 16.1. The van der Waals surface area contributed by atoms with Crippen LogP contribution in [0.2, 0.25) is 0 Å². The van der Waals surface area contributed by atoms with E-state index in [1.54, 1.807) is 0 Å². The Balaban J connectivity index is 1.39. The van der Waals surface area contributed by atoms with Crippen LogP contribution < -0.4 is 5.32 Å². The van der Waals surface area contributed by atoms with Crippen LogP contribution in [0.1, 0.15) is 44.6 Å². The number of likely N-dealkylation sites (tertiary alicyclic amines) is 1. The first-order chi connectivity index (χ1) is 13.3. The van der Waals surface area contributed by atoms with Crippen LogP contribution in [0.3, 0.4) is 0 Å². The van der Waals surface area contributed by atoms with Crippen LogP contribution in [0.4, 0.5) is 0 Å². The molecule has 27 heavy (non-hydrogen) atoms. The molecule has 0 aliphatic carbocycles. The zero-order valence-corrected chi connectivity index (χ0v) is 16.5. The monoisotopic (exact) mass is 364 g/mol. The van der Waals surface area contributed by atoms with E-state index >= 15 is 0 Å². The lowest BCUT2D eigenvalue weighted by molar-refractivity contribution is -0.120. The summed E-state index contributed by atoms with van der Waals surface area (Å²) in [4.78, 5) is 14.8. The molecule has 0 spiro atoms. The Morgan fingerprint density at radius 1 is 1.04 bits per heavy atom. The molecule has 0 saturated carbocycles. The average Bonchev–Trinajstić information content (AvgIpc) is 2.73. The Hall–Kier alpha value is -2.13. The van der Waals surface area contributed by atoms with Crippen molar-refractivity contribution in [2.24, 2.45) is 0 Å². The molecule has 0 radical (unpaired) electrons. The summed E-state index contributed by atoms with van der Waals surface area (Å²) >= 11 is 0. The Kier molecular flexibility index (Phi) is 7.46. The molecule has 3 rings (SSSR count). The van der Waals surface area contributed by atoms with Crippen molar-refractivity contribution in [1.82, 2.24) is 10.2 Å². The van der Waals surface area contributed by atoms with Crippen molar-refractivity contribution in [3.63, 3.8) is 0 Å². The summed E-state index contributed by atoms with van der Waals surface area (Å²) in [6.45, 7) is 5.38. The van der Waals surface area contributed by atoms with Crippen molar-refractivity contribution in [3.8, 4) is 11.1 Å². The second-order valence-electron chi connectivity index (χ2n) is 7.54. The first-order valence-corrected chi connectivity index (χ1v) is 10.4. The van der Waals surface area contributed by atoms with E-state index in [2.05, 4.69) is 53.5 Å². The molecular formula is C24H32N2O. The number of nitrogens with one attached hydrogen (secondary N) is 1. The van der Waals surface area contributed by atoms with Gasteiger partial charge in [0.05, 0.1) is 6.42 Å². The molecule has 1 amide bonds. The molecule has 1 aliphatic heterocycles. The molecule has 1 heterocycles. The number of carbonyl (C=O) groups is 1. The van der Waals surface area contributed by atoms with E-state index in [-0.39, 0.29) is 5.91 Å². The fraction of sp³-hybridized carbons (Fsp3) is 0.458. The molecule has 3 heteroatoms. The van der Waals surface area contributed by atoms with Crippen molar-refractivity contribution >= 4 is 5.91 Å². The lowest BCUT2D eigenvalue weighted by atomic mass is 10.00. The van der Waals surface area contributed by atoms with Crippen LogP contribution in [0.5, 0.6) is 0 Å². The topological polar surface area (TPSA) is 32.3 Å². The standard InChI is InChI=1S/C24H32N2O/c1-2-23-11-6-7-17-26(23)18-8-16-25-24(27)19-20-12-14-22(15-13-20)21-9-4-3-5-10-21/h3-5,9-10,12-15,23H,2,6-8,11,16-19H2,1H3,(H,25,27). The third-order valence-corrected chi connectivity index (χ3v) is 5.59. The van der Waals surface area contributed by atoms with Crippen LogP contribution in [-0.2, 0) is 11.2 Å². The Morgan fingerprint density at radius 3 is 2.52 bits per heavy atom. The minimum atomic E-state index is 0.119. The third kappa shape index (κ3) is 5.93. The fourth-order valence-electron chi connectivity index (χ4n) is 4.02. The maximum absolute atomic E-state index is 12.2. The number of benzene rings is 2. The first-order valence-electron chi connectivity index (χ1n) is 10.4. The molecule has 2 aromatic carbocycles. The molecule has 0 bridgehead atoms. The summed E-state index contributed by atoms with van der Waals surface area (Å²) in [6, 6.07) is 19.4. The minimum Gasteiger partial charge on any atom is -0.356 e. The van der Waals surface area contributed by atoms with Gasteiger partial charge in [-0.25, -0.2) is 0 Å². The second-order valence-corrected chi connectivity index (χ2v) is 7.54. The molecule has 0 aromatic heterocycles. The van der Waals surface area contributed by atoms with Gasteiger partial charge in [0, 0.05) is 19.1 Å². The Labute approximate surface area is 163 Å². The number of hydrogen-bond donors (Lipinski definition) is 1. The first kappa shape index (κ1) is 19.6. The van der Waals surface area contributed by atoms with Crippen LogP contribution in [0, 0.1) is 0 Å². The van der Waals surface area contributed by atoms with Gasteiger partial charge in [0.25, 0.3) is 0 Å². The maximum Gasteiger partial charge on any atom is 0.224 e. The van der Waals surface area contributed by atoms with Gasteiger partial charge in [0.2, 0.25) is 5.91 Å². The molecule has 1 atom stereocenters. The zero-order chi connectivity index (χ0) is 18.9. The third-order valence-electron chi connectivity index (χ3n) is 5.59. The molecule has 1 saturated heterocycles. The van der Waals surface area contributed by atoms with Gasteiger partial charge in [-0.1, -0.05) is 67.9 Å². The quantitative estimate of drug-likeness (QED) is 0.691. The van der Waals surface area contributed by atoms with E-state index in [1.165, 1.54) is 43.4 Å². The number of rotatable bonds is 8. The molecule has 1 fully saturated rings. The summed E-state index contributed by atoms with van der Waals surface area (Å²) in [6.07, 6.45) is 6.76. The van der Waals surface area contributed by atoms with Gasteiger partial charge in [-0.05, 0) is 48.9 Å². The van der Waals surface area contributed by atoms with E-state index < -0.39 is 0 Å². The van der Waals surface area contributed by atoms with Gasteiger partial charge in [-0.2, -0.15) is 0 Å². The van der Waals surface area contributed by atoms with Crippen molar-refractivity contribution in [3.05, 3.63) is 60.2 Å². The Bertz CT molecular complexity index is 696. The van der Waals surface area contributed by atoms with Crippen LogP contribution in [0.15, 0.2) is 54.6 Å². The highest BCUT2D eigenvalue weighted by molar-refractivity contribution is 5.78. The minimum absolute atomic E-state index is 0.119. The van der Waals surface area contributed by atoms with Gasteiger partial charge in [0.1, 0.15) is 0 Å². The van der Waals surface area contributed by atoms with Gasteiger partial charge < -0.3 is 10.2 Å². The summed E-state index contributed by atoms with van der Waals surface area (Å²) in [7, 11) is 0. The molecule has 2 aromatic rings. The maximum atomic E-state index is 12.2. The zero-order valence-electron chi connectivity index (χ0n) is 16.5. The highest BCUT2D eigenvalue weighted by Crippen LogP contribution is 2.20. The summed E-state index contributed by atoms with van der Waals surface area (Å²) < 4.78 is 0. The van der Waals surface area contributed by atoms with Gasteiger partial charge in [-0.15, -0.1) is 0 Å². The van der Waals surface area contributed by atoms with Crippen LogP contribution in [0.25, 0.3) is 11.1 Å². The predicted octanol–water partition coefficient (Wildman–Crippen LogP) is 4.67. The number of amides is 1. The van der Waals surface area contributed by atoms with Crippen molar-refractivity contribution in [2.45, 2.75) is 51.5 Å². The fourth-order valence-corrected chi connectivity index (χ4v) is 4.02. The van der Waals surface area contributed by atoms with Crippen LogP contribution in [-0.4, -0.2) is 36.5 Å². The molecule has 144 valence electrons. The average molecular weight is 365 g/mol. The predicted molar refractivity (Wildman–Crippen MR) is 113 cm³/mol. The Morgan fingerprint density at radius 2 is 1.78 bits per heavy atom. The summed E-state index contributed by atoms with van der Waals surface area (Å²) in [5.74, 6) is 0.119. The van der Waals surface area contributed by atoms with E-state index in [4.69, 9.17) is 0 Å². The van der Waals surface area contributed by atoms with E-state index in [9.17, 15) is 4.79 Å². The molecule has 1 unspecified atom stereocenters. The van der Waals surface area contributed by atoms with E-state index in [1.807, 2.05) is 18.2 Å². The number of piperidine rings is 1. The molecule has 3 nitrogen and oxygen atoms in total. The molecule has 1 aliphatic rings. The summed E-state index contributed by atoms with van der Waals surface area (Å²) in [5.41, 5.74) is 3.46. The smallest absolute Gasteiger partial charge is 0.224 e. The van der Waals surface area contributed by atoms with Gasteiger partial charge >= 0.3 is 0 Å². The number of carbonyl (C=O) groups excluding carboxylic acids is 1. The van der Waals surface area contributed by atoms with Gasteiger partial charge in [0.15, 0.2) is 0 Å². The largest absolute Gasteiger partial charge is 0.356 e. The van der Waals surface area contributed by atoms with E-state index in [0.29, 0.717) is 6.42 Å². The summed E-state index contributed by atoms with van der Waals surface area (Å²) in [5, 5.41) is 3.08. The van der Waals surface area contributed by atoms with Crippen molar-refractivity contribution in [1.29, 1.82) is 0 Å². The lowest BCUT2D eigenvalue weighted by Gasteiger charge is -2.35. The van der Waals surface area contributed by atoms with Gasteiger partial charge in [-0.3, -0.25) is 4.79 Å². The highest BCUT2D eigenvalue weighted by Gasteiger charge is 2.19. The molecular weight excluding hydrogens is 332 g/mol. The lowest BCUT2D eigenvalue weighted by Crippen LogP contribution is -2.40. The van der Waals surface area contributed by atoms with Crippen LogP contribution >= 0.6 is 0 Å². The van der Waals surface area contributed by atoms with Crippen molar-refractivity contribution in [2.75, 3.05) is 19.6 Å². The second kappa shape index (κ2) is 10.3. The van der Waals surface area contributed by atoms with Crippen molar-refractivity contribution < 1.29 is 4.79 Å².